The van der Waals surface area contributed by atoms with Crippen LogP contribution in [0.1, 0.15) is 43.4 Å². The van der Waals surface area contributed by atoms with Gasteiger partial charge in [-0.05, 0) is 13.3 Å². The van der Waals surface area contributed by atoms with Crippen LogP contribution in [0.2, 0.25) is 0 Å². The lowest BCUT2D eigenvalue weighted by Crippen LogP contribution is -2.44. The summed E-state index contributed by atoms with van der Waals surface area (Å²) in [5.74, 6) is -0.124. The number of nitrogens with one attached hydrogen (secondary N) is 1. The molecule has 0 radical (unpaired) electrons. The zero-order valence-corrected chi connectivity index (χ0v) is 12.4. The zero-order valence-electron chi connectivity index (χ0n) is 12.4. The number of hydrogen-bond donors (Lipinski definition) is 1. The Hall–Kier alpha value is -1.85. The van der Waals surface area contributed by atoms with Crippen LogP contribution >= 0.6 is 0 Å². The standard InChI is InChI=1S/C14H21N3O3/c1-5-6-9-10(7-11(18)15-13(9)19)12-8(2)16-17(3)14(12)20-4/h9-10H,5-7H2,1-4H3,(H,15,18,19). The summed E-state index contributed by atoms with van der Waals surface area (Å²) in [7, 11) is 3.38. The van der Waals surface area contributed by atoms with Crippen LogP contribution in [0.3, 0.4) is 0 Å². The van der Waals surface area contributed by atoms with Gasteiger partial charge in [0.1, 0.15) is 0 Å². The van der Waals surface area contributed by atoms with Crippen LogP contribution in [0, 0.1) is 12.8 Å². The van der Waals surface area contributed by atoms with Crippen LogP contribution in [-0.4, -0.2) is 28.7 Å². The van der Waals surface area contributed by atoms with Gasteiger partial charge in [-0.15, -0.1) is 0 Å². The minimum absolute atomic E-state index is 0.153. The third-order valence-corrected chi connectivity index (χ3v) is 3.87. The third kappa shape index (κ3) is 2.42. The lowest BCUT2D eigenvalue weighted by molar-refractivity contribution is -0.137. The summed E-state index contributed by atoms with van der Waals surface area (Å²) in [6, 6.07) is 0. The molecule has 1 aliphatic heterocycles. The number of carbonyl (C=O) groups excluding carboxylic acids is 2. The second-order valence-electron chi connectivity index (χ2n) is 5.25. The average molecular weight is 279 g/mol. The smallest absolute Gasteiger partial charge is 0.230 e. The summed E-state index contributed by atoms with van der Waals surface area (Å²) in [6.45, 7) is 3.92. The van der Waals surface area contributed by atoms with Crippen LogP contribution in [0.15, 0.2) is 0 Å². The molecule has 2 unspecified atom stereocenters. The number of aromatic nitrogens is 2. The Morgan fingerprint density at radius 3 is 2.75 bits per heavy atom. The molecule has 0 saturated carbocycles. The van der Waals surface area contributed by atoms with Crippen molar-refractivity contribution in [2.75, 3.05) is 7.11 Å². The van der Waals surface area contributed by atoms with Gasteiger partial charge in [0.15, 0.2) is 0 Å². The number of methoxy groups -OCH3 is 1. The van der Waals surface area contributed by atoms with E-state index in [1.807, 2.05) is 13.8 Å². The highest BCUT2D eigenvalue weighted by atomic mass is 16.5. The van der Waals surface area contributed by atoms with E-state index in [0.29, 0.717) is 12.3 Å². The van der Waals surface area contributed by atoms with Crippen LogP contribution in [-0.2, 0) is 16.6 Å². The molecule has 6 nitrogen and oxygen atoms in total. The Balaban J connectivity index is 2.46. The minimum atomic E-state index is -0.224. The highest BCUT2D eigenvalue weighted by molar-refractivity contribution is 6.00. The number of piperidine rings is 1. The topological polar surface area (TPSA) is 73.2 Å². The molecule has 6 heteroatoms. The van der Waals surface area contributed by atoms with Gasteiger partial charge < -0.3 is 4.74 Å². The number of imide groups is 1. The largest absolute Gasteiger partial charge is 0.481 e. The second kappa shape index (κ2) is 5.64. The highest BCUT2D eigenvalue weighted by Crippen LogP contribution is 2.40. The number of rotatable bonds is 4. The lowest BCUT2D eigenvalue weighted by atomic mass is 9.78. The van der Waals surface area contributed by atoms with Crippen molar-refractivity contribution in [3.63, 3.8) is 0 Å². The van der Waals surface area contributed by atoms with Crippen molar-refractivity contribution in [1.82, 2.24) is 15.1 Å². The highest BCUT2D eigenvalue weighted by Gasteiger charge is 2.39. The quantitative estimate of drug-likeness (QED) is 0.843. The summed E-state index contributed by atoms with van der Waals surface area (Å²) in [5.41, 5.74) is 1.70. The summed E-state index contributed by atoms with van der Waals surface area (Å²) in [4.78, 5) is 23.8. The summed E-state index contributed by atoms with van der Waals surface area (Å²) >= 11 is 0. The van der Waals surface area contributed by atoms with E-state index in [1.165, 1.54) is 0 Å². The first-order valence-electron chi connectivity index (χ1n) is 6.90. The van der Waals surface area contributed by atoms with Crippen molar-refractivity contribution >= 4 is 11.8 Å². The lowest BCUT2D eigenvalue weighted by Gasteiger charge is -2.30. The molecule has 0 aliphatic carbocycles. The van der Waals surface area contributed by atoms with E-state index in [-0.39, 0.29) is 23.7 Å². The van der Waals surface area contributed by atoms with Crippen LogP contribution < -0.4 is 10.1 Å². The molecule has 1 saturated heterocycles. The summed E-state index contributed by atoms with van der Waals surface area (Å²) in [5, 5.41) is 6.78. The Labute approximate surface area is 118 Å². The first kappa shape index (κ1) is 14.6. The minimum Gasteiger partial charge on any atom is -0.481 e. The molecule has 2 rings (SSSR count). The molecule has 2 amide bonds. The third-order valence-electron chi connectivity index (χ3n) is 3.87. The van der Waals surface area contributed by atoms with E-state index in [0.717, 1.165) is 24.1 Å². The Kier molecular flexibility index (Phi) is 4.11. The monoisotopic (exact) mass is 279 g/mol. The van der Waals surface area contributed by atoms with Gasteiger partial charge in [-0.2, -0.15) is 5.10 Å². The molecular weight excluding hydrogens is 258 g/mol. The predicted octanol–water partition coefficient (Wildman–Crippen LogP) is 1.28. The maximum absolute atomic E-state index is 12.1. The first-order valence-corrected chi connectivity index (χ1v) is 6.90. The fourth-order valence-corrected chi connectivity index (χ4v) is 3.07. The average Bonchev–Trinajstić information content (AvgIpc) is 2.66. The van der Waals surface area contributed by atoms with Crippen LogP contribution in [0.5, 0.6) is 5.88 Å². The van der Waals surface area contributed by atoms with E-state index < -0.39 is 0 Å². The van der Waals surface area contributed by atoms with Gasteiger partial charge in [0.05, 0.1) is 12.8 Å². The molecule has 0 spiro atoms. The van der Waals surface area contributed by atoms with E-state index in [9.17, 15) is 9.59 Å². The molecule has 0 aromatic carbocycles. The van der Waals surface area contributed by atoms with Gasteiger partial charge >= 0.3 is 0 Å². The van der Waals surface area contributed by atoms with Crippen molar-refractivity contribution < 1.29 is 14.3 Å². The molecule has 1 N–H and O–H groups in total. The van der Waals surface area contributed by atoms with Gasteiger partial charge in [-0.25, -0.2) is 4.68 Å². The molecule has 1 fully saturated rings. The van der Waals surface area contributed by atoms with Crippen LogP contribution in [0.4, 0.5) is 0 Å². The maximum Gasteiger partial charge on any atom is 0.230 e. The molecule has 110 valence electrons. The predicted molar refractivity (Wildman–Crippen MR) is 73.4 cm³/mol. The normalized spacial score (nSPS) is 22.8. The van der Waals surface area contributed by atoms with Crippen molar-refractivity contribution in [3.05, 3.63) is 11.3 Å². The summed E-state index contributed by atoms with van der Waals surface area (Å²) < 4.78 is 7.06. The van der Waals surface area contributed by atoms with E-state index in [4.69, 9.17) is 4.74 Å². The van der Waals surface area contributed by atoms with Crippen molar-refractivity contribution in [3.8, 4) is 5.88 Å². The summed E-state index contributed by atoms with van der Waals surface area (Å²) in [6.07, 6.45) is 1.95. The number of amides is 2. The molecule has 2 heterocycles. The number of nitrogens with zero attached hydrogens (tertiary/aromatic N) is 2. The second-order valence-corrected chi connectivity index (χ2v) is 5.25. The van der Waals surface area contributed by atoms with E-state index in [2.05, 4.69) is 10.4 Å². The van der Waals surface area contributed by atoms with Crippen molar-refractivity contribution in [1.29, 1.82) is 0 Å². The number of carbonyl (C=O) groups is 2. The molecule has 1 aromatic rings. The number of hydrogen-bond acceptors (Lipinski definition) is 4. The first-order chi connectivity index (χ1) is 9.49. The Morgan fingerprint density at radius 2 is 2.15 bits per heavy atom. The van der Waals surface area contributed by atoms with Gasteiger partial charge in [0.25, 0.3) is 0 Å². The zero-order chi connectivity index (χ0) is 14.9. The number of ether oxygens (including phenoxy) is 1. The molecule has 1 aromatic heterocycles. The fourth-order valence-electron chi connectivity index (χ4n) is 3.07. The Morgan fingerprint density at radius 1 is 1.45 bits per heavy atom. The fraction of sp³-hybridized carbons (Fsp3) is 0.643. The van der Waals surface area contributed by atoms with Crippen molar-refractivity contribution in [2.24, 2.45) is 13.0 Å². The van der Waals surface area contributed by atoms with Gasteiger partial charge in [0, 0.05) is 30.9 Å². The molecule has 0 bridgehead atoms. The molecular formula is C14H21N3O3. The maximum atomic E-state index is 12.1. The van der Waals surface area contributed by atoms with Gasteiger partial charge in [-0.1, -0.05) is 13.3 Å². The molecule has 20 heavy (non-hydrogen) atoms. The van der Waals surface area contributed by atoms with E-state index >= 15 is 0 Å². The molecule has 1 aliphatic rings. The van der Waals surface area contributed by atoms with Crippen molar-refractivity contribution in [2.45, 2.75) is 39.0 Å². The van der Waals surface area contributed by atoms with Gasteiger partial charge in [-0.3, -0.25) is 14.9 Å². The SMILES string of the molecule is CCCC1C(=O)NC(=O)CC1c1c(C)nn(C)c1OC. The number of aryl methyl sites for hydroxylation is 2. The Bertz CT molecular complexity index is 536. The van der Waals surface area contributed by atoms with Crippen LogP contribution in [0.25, 0.3) is 0 Å². The molecule has 2 atom stereocenters. The van der Waals surface area contributed by atoms with Gasteiger partial charge in [0.2, 0.25) is 17.7 Å². The van der Waals surface area contributed by atoms with E-state index in [1.54, 1.807) is 18.8 Å².